The summed E-state index contributed by atoms with van der Waals surface area (Å²) in [7, 11) is 3.29. The predicted molar refractivity (Wildman–Crippen MR) is 171 cm³/mol. The average molecular weight is 626 g/mol. The Labute approximate surface area is 264 Å². The summed E-state index contributed by atoms with van der Waals surface area (Å²) in [6.45, 7) is 0.479. The highest BCUT2D eigenvalue weighted by molar-refractivity contribution is 6.28. The van der Waals surface area contributed by atoms with Gasteiger partial charge in [-0.1, -0.05) is 42.5 Å². The van der Waals surface area contributed by atoms with Gasteiger partial charge in [-0.05, 0) is 59.5 Å². The highest BCUT2D eigenvalue weighted by Gasteiger charge is 2.45. The van der Waals surface area contributed by atoms with Crippen LogP contribution in [0.5, 0.6) is 11.5 Å². The Kier molecular flexibility index (Phi) is 7.74. The molecule has 7 rings (SSSR count). The van der Waals surface area contributed by atoms with Crippen molar-refractivity contribution in [2.45, 2.75) is 36.6 Å². The first-order valence-corrected chi connectivity index (χ1v) is 15.0. The third-order valence-electron chi connectivity index (χ3n) is 8.70. The first-order valence-electron chi connectivity index (χ1n) is 14.7. The number of nitrogens with zero attached hydrogens (tertiary/aromatic N) is 6. The number of imidazole rings is 1. The number of hydrogen-bond donors (Lipinski definition) is 3. The van der Waals surface area contributed by atoms with Gasteiger partial charge < -0.3 is 29.6 Å². The molecule has 1 aliphatic rings. The Hall–Kier alpha value is -4.71. The van der Waals surface area contributed by atoms with Crippen molar-refractivity contribution >= 4 is 39.5 Å². The fourth-order valence-electron chi connectivity index (χ4n) is 6.32. The summed E-state index contributed by atoms with van der Waals surface area (Å²) in [4.78, 5) is 13.6. The molecule has 0 bridgehead atoms. The highest BCUT2D eigenvalue weighted by Crippen LogP contribution is 2.41. The standard InChI is InChI=1S/C33H32ClN7O4/c1-44-22-11-7-19(8-12-22)24(20-9-13-23(45-2)14-10-20)17-35-31-28-32(39-33(34)38-31)40(18-36-28)26-15-27(30(43)29(26)42)41-25-6-4-3-5-21(25)16-37-41/h3-14,16,18,24,26-27,29-30,42-43H,15,17H2,1-2H3,(H,35,38,39)/t26-,27+,29+,30-/m1/s1. The largest absolute Gasteiger partial charge is 0.497 e. The summed E-state index contributed by atoms with van der Waals surface area (Å²) >= 11 is 6.46. The van der Waals surface area contributed by atoms with Crippen molar-refractivity contribution < 1.29 is 19.7 Å². The molecule has 3 heterocycles. The van der Waals surface area contributed by atoms with E-state index in [1.165, 1.54) is 0 Å². The number of aromatic nitrogens is 6. The molecule has 230 valence electrons. The maximum atomic E-state index is 11.2. The summed E-state index contributed by atoms with van der Waals surface area (Å²) in [5.74, 6) is 1.97. The summed E-state index contributed by atoms with van der Waals surface area (Å²) < 4.78 is 14.3. The summed E-state index contributed by atoms with van der Waals surface area (Å²) in [5.41, 5.74) is 4.03. The third-order valence-corrected chi connectivity index (χ3v) is 8.87. The van der Waals surface area contributed by atoms with E-state index in [0.29, 0.717) is 29.9 Å². The van der Waals surface area contributed by atoms with Crippen LogP contribution in [0.3, 0.4) is 0 Å². The Morgan fingerprint density at radius 1 is 0.889 bits per heavy atom. The molecule has 3 aromatic heterocycles. The normalized spacial score (nSPS) is 19.9. The van der Waals surface area contributed by atoms with E-state index in [4.69, 9.17) is 21.1 Å². The van der Waals surface area contributed by atoms with Gasteiger partial charge in [0, 0.05) is 17.8 Å². The van der Waals surface area contributed by atoms with Crippen LogP contribution in [0.25, 0.3) is 22.1 Å². The lowest BCUT2D eigenvalue weighted by Gasteiger charge is -2.20. The molecular weight excluding hydrogens is 594 g/mol. The molecule has 1 fully saturated rings. The average Bonchev–Trinajstić information content (AvgIpc) is 3.77. The first-order chi connectivity index (χ1) is 21.9. The summed E-state index contributed by atoms with van der Waals surface area (Å²) in [6, 6.07) is 22.8. The number of benzene rings is 3. The molecule has 4 atom stereocenters. The van der Waals surface area contributed by atoms with E-state index >= 15 is 0 Å². The van der Waals surface area contributed by atoms with Crippen molar-refractivity contribution in [1.29, 1.82) is 0 Å². The number of aliphatic hydroxyl groups is 2. The highest BCUT2D eigenvalue weighted by atomic mass is 35.5. The van der Waals surface area contributed by atoms with Crippen LogP contribution in [0, 0.1) is 0 Å². The van der Waals surface area contributed by atoms with Gasteiger partial charge in [-0.3, -0.25) is 4.68 Å². The molecule has 0 amide bonds. The van der Waals surface area contributed by atoms with Gasteiger partial charge in [0.05, 0.1) is 44.3 Å². The molecule has 3 aromatic carbocycles. The third kappa shape index (κ3) is 5.33. The van der Waals surface area contributed by atoms with Gasteiger partial charge in [-0.2, -0.15) is 15.1 Å². The number of aliphatic hydroxyl groups excluding tert-OH is 2. The van der Waals surface area contributed by atoms with Crippen LogP contribution >= 0.6 is 11.6 Å². The second-order valence-corrected chi connectivity index (χ2v) is 11.5. The monoisotopic (exact) mass is 625 g/mol. The van der Waals surface area contributed by atoms with Crippen molar-refractivity contribution in [2.75, 3.05) is 26.1 Å². The molecule has 0 spiro atoms. The van der Waals surface area contributed by atoms with Gasteiger partial charge in [0.15, 0.2) is 17.0 Å². The van der Waals surface area contributed by atoms with Crippen LogP contribution in [0.2, 0.25) is 5.28 Å². The lowest BCUT2D eigenvalue weighted by molar-refractivity contribution is 0.00789. The van der Waals surface area contributed by atoms with Gasteiger partial charge in [-0.15, -0.1) is 0 Å². The number of rotatable bonds is 9. The lowest BCUT2D eigenvalue weighted by Crippen LogP contribution is -2.30. The summed E-state index contributed by atoms with van der Waals surface area (Å²) in [6.07, 6.45) is 1.69. The van der Waals surface area contributed by atoms with Crippen molar-refractivity contribution in [3.05, 3.63) is 102 Å². The van der Waals surface area contributed by atoms with Crippen LogP contribution in [0.4, 0.5) is 5.82 Å². The molecule has 45 heavy (non-hydrogen) atoms. The Morgan fingerprint density at radius 2 is 1.53 bits per heavy atom. The Bertz CT molecular complexity index is 1900. The number of ether oxygens (including phenoxy) is 2. The van der Waals surface area contributed by atoms with Gasteiger partial charge in [-0.25, -0.2) is 4.98 Å². The van der Waals surface area contributed by atoms with E-state index < -0.39 is 24.3 Å². The van der Waals surface area contributed by atoms with E-state index in [1.54, 1.807) is 36.0 Å². The zero-order valence-electron chi connectivity index (χ0n) is 24.7. The zero-order chi connectivity index (χ0) is 31.1. The van der Waals surface area contributed by atoms with Crippen molar-refractivity contribution in [2.24, 2.45) is 0 Å². The second kappa shape index (κ2) is 12.0. The molecule has 12 heteroatoms. The van der Waals surface area contributed by atoms with Crippen LogP contribution in [0.15, 0.2) is 85.3 Å². The van der Waals surface area contributed by atoms with E-state index in [1.807, 2.05) is 72.8 Å². The van der Waals surface area contributed by atoms with Gasteiger partial charge in [0.1, 0.15) is 23.7 Å². The molecular formula is C33H32ClN7O4. The fourth-order valence-corrected chi connectivity index (χ4v) is 6.48. The quantitative estimate of drug-likeness (QED) is 0.190. The van der Waals surface area contributed by atoms with Crippen molar-refractivity contribution in [1.82, 2.24) is 29.3 Å². The van der Waals surface area contributed by atoms with Crippen molar-refractivity contribution in [3.8, 4) is 11.5 Å². The van der Waals surface area contributed by atoms with Crippen molar-refractivity contribution in [3.63, 3.8) is 0 Å². The summed E-state index contributed by atoms with van der Waals surface area (Å²) in [5, 5.41) is 31.4. The van der Waals surface area contributed by atoms with Gasteiger partial charge >= 0.3 is 0 Å². The Balaban J connectivity index is 1.19. The topological polar surface area (TPSA) is 132 Å². The van der Waals surface area contributed by atoms with Gasteiger partial charge in [0.2, 0.25) is 5.28 Å². The number of fused-ring (bicyclic) bond motifs is 2. The van der Waals surface area contributed by atoms with Crippen LogP contribution in [0.1, 0.15) is 35.5 Å². The van der Waals surface area contributed by atoms with E-state index in [9.17, 15) is 10.2 Å². The number of anilines is 1. The number of halogens is 1. The van der Waals surface area contributed by atoms with E-state index in [2.05, 4.69) is 25.4 Å². The smallest absolute Gasteiger partial charge is 0.226 e. The second-order valence-electron chi connectivity index (χ2n) is 11.1. The molecule has 1 aliphatic carbocycles. The maximum absolute atomic E-state index is 11.2. The number of hydrogen-bond acceptors (Lipinski definition) is 9. The predicted octanol–water partition coefficient (Wildman–Crippen LogP) is 5.00. The number of nitrogens with one attached hydrogen (secondary N) is 1. The van der Waals surface area contributed by atoms with Crippen LogP contribution < -0.4 is 14.8 Å². The molecule has 11 nitrogen and oxygen atoms in total. The maximum Gasteiger partial charge on any atom is 0.226 e. The SMILES string of the molecule is COc1ccc(C(CNc2nc(Cl)nc3c2ncn3[C@@H]2C[C@H](n3ncc4ccccc43)[C@@H](O)[C@H]2O)c2ccc(OC)cc2)cc1. The minimum Gasteiger partial charge on any atom is -0.497 e. The fraction of sp³-hybridized carbons (Fsp3) is 0.273. The Morgan fingerprint density at radius 3 is 2.20 bits per heavy atom. The molecule has 0 unspecified atom stereocenters. The zero-order valence-corrected chi connectivity index (χ0v) is 25.4. The number of methoxy groups -OCH3 is 2. The molecule has 0 radical (unpaired) electrons. The van der Waals surface area contributed by atoms with E-state index in [-0.39, 0.29) is 11.2 Å². The van der Waals surface area contributed by atoms with Gasteiger partial charge in [0.25, 0.3) is 0 Å². The van der Waals surface area contributed by atoms with Crippen LogP contribution in [-0.4, -0.2) is 72.5 Å². The van der Waals surface area contributed by atoms with Crippen LogP contribution in [-0.2, 0) is 0 Å². The lowest BCUT2D eigenvalue weighted by atomic mass is 9.91. The molecule has 0 aliphatic heterocycles. The minimum atomic E-state index is -1.07. The minimum absolute atomic E-state index is 0.0415. The molecule has 0 saturated heterocycles. The van der Waals surface area contributed by atoms with E-state index in [0.717, 1.165) is 33.5 Å². The molecule has 1 saturated carbocycles. The number of para-hydroxylation sites is 1. The molecule has 6 aromatic rings. The first kappa shape index (κ1) is 29.0. The molecule has 3 N–H and O–H groups in total.